The Kier molecular flexibility index (Phi) is 10.1. The molecule has 1 rings (SSSR count). The topological polar surface area (TPSA) is 118 Å². The summed E-state index contributed by atoms with van der Waals surface area (Å²) in [6.07, 6.45) is 0.346. The summed E-state index contributed by atoms with van der Waals surface area (Å²) in [7, 11) is -3.24. The van der Waals surface area contributed by atoms with Gasteiger partial charge in [-0.15, -0.1) is 0 Å². The van der Waals surface area contributed by atoms with Crippen LogP contribution in [-0.2, 0) is 10.0 Å². The van der Waals surface area contributed by atoms with Gasteiger partial charge in [0, 0.05) is 5.75 Å². The Labute approximate surface area is 109 Å². The molecule has 0 aromatic carbocycles. The zero-order valence-corrected chi connectivity index (χ0v) is 11.4. The number of H-pyrrole nitrogens is 2. The monoisotopic (exact) mass is 247 g/mol. The van der Waals surface area contributed by atoms with Gasteiger partial charge in [-0.2, -0.15) is 11.6 Å². The van der Waals surface area contributed by atoms with Crippen LogP contribution in [0.25, 0.3) is 0 Å². The van der Waals surface area contributed by atoms with E-state index in [0.717, 1.165) is 0 Å². The zero-order chi connectivity index (χ0) is 10.3. The summed E-state index contributed by atoms with van der Waals surface area (Å²) in [4.78, 5) is 0. The number of nitrogens with one attached hydrogen (secondary N) is 2. The summed E-state index contributed by atoms with van der Waals surface area (Å²) in [6.45, 7) is 3.31. The Bertz CT molecular complexity index is 354. The molecule has 1 aromatic heterocycles. The number of nitrogens with two attached hydrogens (primary N) is 1. The van der Waals surface area contributed by atoms with Crippen molar-refractivity contribution in [2.45, 2.75) is 6.42 Å². The number of hydrogen-bond acceptors (Lipinski definition) is 5. The van der Waals surface area contributed by atoms with Crippen molar-refractivity contribution in [1.29, 1.82) is 0 Å². The van der Waals surface area contributed by atoms with Gasteiger partial charge in [0.1, 0.15) is 0 Å². The Morgan fingerprint density at radius 1 is 1.57 bits per heavy atom. The van der Waals surface area contributed by atoms with Gasteiger partial charge in [-0.25, -0.2) is 13.6 Å². The van der Waals surface area contributed by atoms with Crippen LogP contribution >= 0.6 is 12.2 Å². The van der Waals surface area contributed by atoms with Crippen molar-refractivity contribution in [2.75, 3.05) is 5.75 Å². The molecule has 0 fully saturated rings. The van der Waals surface area contributed by atoms with Crippen molar-refractivity contribution in [3.05, 3.63) is 11.7 Å². The first-order valence-corrected chi connectivity index (χ1v) is 5.33. The first-order chi connectivity index (χ1) is 5.95. The van der Waals surface area contributed by atoms with Gasteiger partial charge in [-0.3, -0.25) is 5.10 Å². The van der Waals surface area contributed by atoms with Crippen LogP contribution in [0.15, 0.2) is 0 Å². The summed E-state index contributed by atoms with van der Waals surface area (Å²) in [5.41, 5.74) is 0. The molecule has 0 spiro atoms. The van der Waals surface area contributed by atoms with E-state index in [1.165, 1.54) is 0 Å². The Balaban J connectivity index is 0. The van der Waals surface area contributed by atoms with E-state index in [0.29, 0.717) is 11.2 Å². The maximum absolute atomic E-state index is 9.97. The third kappa shape index (κ3) is 12.2. The van der Waals surface area contributed by atoms with Crippen molar-refractivity contribution in [3.8, 4) is 0 Å². The van der Waals surface area contributed by atoms with E-state index >= 15 is 0 Å². The number of primary sulfonamides is 1. The zero-order valence-electron chi connectivity index (χ0n) is 7.73. The molecule has 0 bridgehead atoms. The molecular formula is C4H10N5NaO2S2. The number of aromatic nitrogens is 4. The SMILES string of the molecule is S=c1nn[nH][nH]1.[CH2-]CCS(N)(=O)=O.[Na+]. The standard InChI is InChI=1S/C3H8NO2S.CH2N4S.Na/c1-2-3-7(4,5)6;6-1-2-4-5-3-1;/h1-3H2,(H2,4,5,6);(H2,2,3,4,5,6);/q-1;;+1. The average Bonchev–Trinajstić information content (AvgIpc) is 2.38. The van der Waals surface area contributed by atoms with Crippen LogP contribution in [-0.4, -0.2) is 34.8 Å². The second kappa shape index (κ2) is 8.50. The van der Waals surface area contributed by atoms with E-state index in [1.807, 2.05) is 0 Å². The third-order valence-corrected chi connectivity index (χ3v) is 1.82. The van der Waals surface area contributed by atoms with Gasteiger partial charge in [0.25, 0.3) is 0 Å². The minimum atomic E-state index is -3.24. The van der Waals surface area contributed by atoms with Gasteiger partial charge in [0.05, 0.1) is 0 Å². The van der Waals surface area contributed by atoms with Crippen LogP contribution in [0, 0.1) is 11.7 Å². The molecule has 10 heteroatoms. The number of nitrogens with zero attached hydrogens (tertiary/aromatic N) is 2. The average molecular weight is 247 g/mol. The summed E-state index contributed by atoms with van der Waals surface area (Å²) >= 11 is 4.48. The number of sulfonamides is 1. The van der Waals surface area contributed by atoms with Crippen LogP contribution < -0.4 is 34.7 Å². The molecule has 1 aromatic rings. The Morgan fingerprint density at radius 2 is 2.14 bits per heavy atom. The maximum atomic E-state index is 9.97. The minimum Gasteiger partial charge on any atom is -0.342 e. The third-order valence-electron chi connectivity index (χ3n) is 0.783. The van der Waals surface area contributed by atoms with E-state index in [2.05, 4.69) is 44.9 Å². The molecule has 0 atom stereocenters. The van der Waals surface area contributed by atoms with Crippen LogP contribution in [0.4, 0.5) is 0 Å². The molecule has 0 radical (unpaired) electrons. The van der Waals surface area contributed by atoms with E-state index < -0.39 is 10.0 Å². The number of aromatic amines is 2. The maximum Gasteiger partial charge on any atom is 1.00 e. The van der Waals surface area contributed by atoms with Gasteiger partial charge >= 0.3 is 29.6 Å². The molecule has 0 aliphatic carbocycles. The molecule has 7 nitrogen and oxygen atoms in total. The second-order valence-electron chi connectivity index (χ2n) is 1.96. The second-order valence-corrected chi connectivity index (χ2v) is 4.08. The Hall–Kier alpha value is 0.200. The van der Waals surface area contributed by atoms with E-state index in [-0.39, 0.29) is 35.3 Å². The van der Waals surface area contributed by atoms with Gasteiger partial charge in [-0.05, 0) is 12.2 Å². The van der Waals surface area contributed by atoms with Crippen LogP contribution in [0.5, 0.6) is 0 Å². The van der Waals surface area contributed by atoms with Gasteiger partial charge < -0.3 is 6.92 Å². The molecule has 1 heterocycles. The summed E-state index contributed by atoms with van der Waals surface area (Å²) in [5.74, 6) is -0.0208. The molecule has 14 heavy (non-hydrogen) atoms. The van der Waals surface area contributed by atoms with E-state index in [1.54, 1.807) is 0 Å². The molecule has 76 valence electrons. The van der Waals surface area contributed by atoms with Crippen molar-refractivity contribution >= 4 is 22.2 Å². The van der Waals surface area contributed by atoms with E-state index in [9.17, 15) is 8.42 Å². The first kappa shape index (κ1) is 16.6. The molecular weight excluding hydrogens is 237 g/mol. The molecule has 0 saturated heterocycles. The van der Waals surface area contributed by atoms with Crippen LogP contribution in [0.1, 0.15) is 6.42 Å². The van der Waals surface area contributed by atoms with E-state index in [4.69, 9.17) is 0 Å². The van der Waals surface area contributed by atoms with Crippen LogP contribution in [0.3, 0.4) is 0 Å². The normalized spacial score (nSPS) is 9.57. The number of rotatable bonds is 2. The molecule has 0 aliphatic rings. The smallest absolute Gasteiger partial charge is 0.342 e. The minimum absolute atomic E-state index is 0. The number of hydrogen-bond donors (Lipinski definition) is 3. The first-order valence-electron chi connectivity index (χ1n) is 3.21. The van der Waals surface area contributed by atoms with Crippen molar-refractivity contribution in [3.63, 3.8) is 0 Å². The fourth-order valence-electron chi connectivity index (χ4n) is 0.369. The largest absolute Gasteiger partial charge is 1.00 e. The number of tetrazole rings is 1. The van der Waals surface area contributed by atoms with Gasteiger partial charge in [-0.1, -0.05) is 10.3 Å². The summed E-state index contributed by atoms with van der Waals surface area (Å²) in [5, 5.41) is 16.0. The fourth-order valence-corrected chi connectivity index (χ4v) is 0.858. The molecule has 0 aliphatic heterocycles. The molecule has 0 saturated carbocycles. The van der Waals surface area contributed by atoms with Gasteiger partial charge in [0.15, 0.2) is 0 Å². The van der Waals surface area contributed by atoms with Crippen molar-refractivity contribution < 1.29 is 38.0 Å². The predicted octanol–water partition coefficient (Wildman–Crippen LogP) is -3.63. The Morgan fingerprint density at radius 3 is 2.21 bits per heavy atom. The molecule has 0 unspecified atom stereocenters. The van der Waals surface area contributed by atoms with Crippen LogP contribution in [0.2, 0.25) is 0 Å². The predicted molar refractivity (Wildman–Crippen MR) is 49.5 cm³/mol. The fraction of sp³-hybridized carbons (Fsp3) is 0.500. The summed E-state index contributed by atoms with van der Waals surface area (Å²) in [6, 6.07) is 0. The van der Waals surface area contributed by atoms with Crippen molar-refractivity contribution in [1.82, 2.24) is 20.6 Å². The van der Waals surface area contributed by atoms with Gasteiger partial charge in [0.2, 0.25) is 14.8 Å². The molecule has 4 N–H and O–H groups in total. The van der Waals surface area contributed by atoms with Crippen molar-refractivity contribution in [2.24, 2.45) is 5.14 Å². The quantitative estimate of drug-likeness (QED) is 0.283. The molecule has 0 amide bonds. The summed E-state index contributed by atoms with van der Waals surface area (Å²) < 4.78 is 20.3.